The van der Waals surface area contributed by atoms with Gasteiger partial charge in [-0.3, -0.25) is 0 Å². The maximum atomic E-state index is 5.98. The van der Waals surface area contributed by atoms with E-state index < -0.39 is 0 Å². The van der Waals surface area contributed by atoms with Crippen LogP contribution in [-0.2, 0) is 0 Å². The number of hydrogen-bond donors (Lipinski definition) is 1. The number of nitrogens with one attached hydrogen (secondary N) is 1. The van der Waals surface area contributed by atoms with Gasteiger partial charge >= 0.3 is 0 Å². The van der Waals surface area contributed by atoms with E-state index in [1.54, 1.807) is 6.20 Å². The van der Waals surface area contributed by atoms with Crippen LogP contribution in [0.4, 0.5) is 0 Å². The molecule has 0 unspecified atom stereocenters. The summed E-state index contributed by atoms with van der Waals surface area (Å²) in [6.45, 7) is 0. The fourth-order valence-electron chi connectivity index (χ4n) is 2.21. The lowest BCUT2D eigenvalue weighted by molar-refractivity contribution is 0.300. The molecule has 1 aromatic heterocycles. The Balaban J connectivity index is 1.99. The first-order valence-corrected chi connectivity index (χ1v) is 5.54. The highest BCUT2D eigenvalue weighted by atomic mass is 35.5. The van der Waals surface area contributed by atoms with Gasteiger partial charge in [-0.15, -0.1) is 0 Å². The van der Waals surface area contributed by atoms with Crippen molar-refractivity contribution in [3.8, 4) is 0 Å². The van der Waals surface area contributed by atoms with E-state index in [2.05, 4.69) is 14.9 Å². The maximum Gasteiger partial charge on any atom is 0.202 e. The lowest BCUT2D eigenvalue weighted by atomic mass is 9.91. The number of imidazole rings is 1. The summed E-state index contributed by atoms with van der Waals surface area (Å²) in [7, 11) is 2.04. The Morgan fingerprint density at radius 1 is 1.43 bits per heavy atom. The SMILES string of the molecule is CNC1CCC(n2ccnc2Cl)CC1. The summed E-state index contributed by atoms with van der Waals surface area (Å²) < 4.78 is 2.09. The summed E-state index contributed by atoms with van der Waals surface area (Å²) in [6.07, 6.45) is 8.60. The van der Waals surface area contributed by atoms with Gasteiger partial charge in [0.05, 0.1) is 0 Å². The van der Waals surface area contributed by atoms with Crippen LogP contribution < -0.4 is 5.32 Å². The van der Waals surface area contributed by atoms with Gasteiger partial charge in [0.25, 0.3) is 0 Å². The van der Waals surface area contributed by atoms with Gasteiger partial charge in [-0.25, -0.2) is 4.98 Å². The van der Waals surface area contributed by atoms with Crippen LogP contribution in [0.15, 0.2) is 12.4 Å². The Bertz CT molecular complexity index is 289. The molecule has 2 rings (SSSR count). The zero-order chi connectivity index (χ0) is 9.97. The monoisotopic (exact) mass is 213 g/mol. The van der Waals surface area contributed by atoms with Crippen molar-refractivity contribution >= 4 is 11.6 Å². The van der Waals surface area contributed by atoms with E-state index in [0.29, 0.717) is 17.4 Å². The van der Waals surface area contributed by atoms with Gasteiger partial charge in [-0.1, -0.05) is 0 Å². The third-order valence-electron chi connectivity index (χ3n) is 3.12. The van der Waals surface area contributed by atoms with E-state index in [9.17, 15) is 0 Å². The second kappa shape index (κ2) is 4.32. The topological polar surface area (TPSA) is 29.9 Å². The highest BCUT2D eigenvalue weighted by molar-refractivity contribution is 6.28. The minimum atomic E-state index is 0.551. The Hall–Kier alpha value is -0.540. The highest BCUT2D eigenvalue weighted by Gasteiger charge is 2.21. The molecule has 1 aliphatic carbocycles. The summed E-state index contributed by atoms with van der Waals surface area (Å²) in [5.74, 6) is 0. The average Bonchev–Trinajstić information content (AvgIpc) is 2.65. The molecule has 1 heterocycles. The van der Waals surface area contributed by atoms with Crippen molar-refractivity contribution in [3.05, 3.63) is 17.7 Å². The van der Waals surface area contributed by atoms with E-state index in [-0.39, 0.29) is 0 Å². The van der Waals surface area contributed by atoms with Crippen molar-refractivity contribution in [2.45, 2.75) is 37.8 Å². The zero-order valence-corrected chi connectivity index (χ0v) is 9.17. The van der Waals surface area contributed by atoms with Crippen molar-refractivity contribution in [2.24, 2.45) is 0 Å². The predicted molar refractivity (Wildman–Crippen MR) is 57.6 cm³/mol. The van der Waals surface area contributed by atoms with Gasteiger partial charge in [0, 0.05) is 24.5 Å². The summed E-state index contributed by atoms with van der Waals surface area (Å²) >= 11 is 5.98. The van der Waals surface area contributed by atoms with Crippen LogP contribution in [0, 0.1) is 0 Å². The molecule has 4 heteroatoms. The highest BCUT2D eigenvalue weighted by Crippen LogP contribution is 2.30. The maximum absolute atomic E-state index is 5.98. The van der Waals surface area contributed by atoms with Crippen LogP contribution in [0.1, 0.15) is 31.7 Å². The molecule has 1 aliphatic rings. The lowest BCUT2D eigenvalue weighted by Crippen LogP contribution is -2.30. The fraction of sp³-hybridized carbons (Fsp3) is 0.700. The number of nitrogens with zero attached hydrogens (tertiary/aromatic N) is 2. The molecule has 14 heavy (non-hydrogen) atoms. The van der Waals surface area contributed by atoms with Gasteiger partial charge in [-0.2, -0.15) is 0 Å². The molecule has 3 nitrogen and oxygen atoms in total. The second-order valence-corrected chi connectivity index (χ2v) is 4.24. The molecule has 78 valence electrons. The third kappa shape index (κ3) is 1.93. The summed E-state index contributed by atoms with van der Waals surface area (Å²) in [5.41, 5.74) is 0. The standard InChI is InChI=1S/C10H16ClN3/c1-12-8-2-4-9(5-3-8)14-7-6-13-10(14)11/h6-9,12H,2-5H2,1H3. The molecule has 0 spiro atoms. The number of halogens is 1. The van der Waals surface area contributed by atoms with E-state index >= 15 is 0 Å². The van der Waals surface area contributed by atoms with Crippen molar-refractivity contribution in [1.29, 1.82) is 0 Å². The number of hydrogen-bond acceptors (Lipinski definition) is 2. The van der Waals surface area contributed by atoms with E-state index in [0.717, 1.165) is 0 Å². The lowest BCUT2D eigenvalue weighted by Gasteiger charge is -2.29. The van der Waals surface area contributed by atoms with Crippen molar-refractivity contribution in [3.63, 3.8) is 0 Å². The quantitative estimate of drug-likeness (QED) is 0.817. The molecule has 0 amide bonds. The molecule has 1 aromatic rings. The minimum absolute atomic E-state index is 0.551. The van der Waals surface area contributed by atoms with Crippen molar-refractivity contribution in [1.82, 2.24) is 14.9 Å². The van der Waals surface area contributed by atoms with Crippen LogP contribution in [0.2, 0.25) is 5.28 Å². The zero-order valence-electron chi connectivity index (χ0n) is 8.41. The minimum Gasteiger partial charge on any atom is -0.319 e. The summed E-state index contributed by atoms with van der Waals surface area (Å²) in [4.78, 5) is 4.04. The largest absolute Gasteiger partial charge is 0.319 e. The van der Waals surface area contributed by atoms with Crippen LogP contribution in [0.5, 0.6) is 0 Å². The van der Waals surface area contributed by atoms with E-state index in [4.69, 9.17) is 11.6 Å². The summed E-state index contributed by atoms with van der Waals surface area (Å²) in [6, 6.07) is 1.24. The molecule has 1 fully saturated rings. The molecule has 0 radical (unpaired) electrons. The van der Waals surface area contributed by atoms with E-state index in [1.165, 1.54) is 25.7 Å². The van der Waals surface area contributed by atoms with Gasteiger partial charge in [-0.05, 0) is 44.3 Å². The molecule has 0 bridgehead atoms. The Labute approximate surface area is 89.5 Å². The Kier molecular flexibility index (Phi) is 3.08. The molecule has 0 saturated heterocycles. The van der Waals surface area contributed by atoms with Crippen molar-refractivity contribution < 1.29 is 0 Å². The molecule has 0 aromatic carbocycles. The smallest absolute Gasteiger partial charge is 0.202 e. The first-order chi connectivity index (χ1) is 6.81. The molecular formula is C10H16ClN3. The molecule has 1 N–H and O–H groups in total. The Morgan fingerprint density at radius 3 is 2.64 bits per heavy atom. The summed E-state index contributed by atoms with van der Waals surface area (Å²) in [5, 5.41) is 3.95. The molecule has 0 aliphatic heterocycles. The Morgan fingerprint density at radius 2 is 2.14 bits per heavy atom. The first-order valence-electron chi connectivity index (χ1n) is 5.17. The fourth-order valence-corrected chi connectivity index (χ4v) is 2.46. The van der Waals surface area contributed by atoms with Gasteiger partial charge in [0.2, 0.25) is 5.28 Å². The number of rotatable bonds is 2. The van der Waals surface area contributed by atoms with Gasteiger partial charge in [0.15, 0.2) is 0 Å². The van der Waals surface area contributed by atoms with Crippen LogP contribution in [0.3, 0.4) is 0 Å². The number of aromatic nitrogens is 2. The third-order valence-corrected chi connectivity index (χ3v) is 3.41. The van der Waals surface area contributed by atoms with Gasteiger partial charge < -0.3 is 9.88 Å². The molecular weight excluding hydrogens is 198 g/mol. The first kappa shape index (κ1) is 9.99. The van der Waals surface area contributed by atoms with Crippen LogP contribution in [-0.4, -0.2) is 22.6 Å². The van der Waals surface area contributed by atoms with Crippen molar-refractivity contribution in [2.75, 3.05) is 7.05 Å². The van der Waals surface area contributed by atoms with Crippen LogP contribution in [0.25, 0.3) is 0 Å². The van der Waals surface area contributed by atoms with Crippen LogP contribution >= 0.6 is 11.6 Å². The average molecular weight is 214 g/mol. The van der Waals surface area contributed by atoms with E-state index in [1.807, 2.05) is 13.2 Å². The van der Waals surface area contributed by atoms with Gasteiger partial charge in [0.1, 0.15) is 0 Å². The normalized spacial score (nSPS) is 27.9. The predicted octanol–water partition coefficient (Wildman–Crippen LogP) is 2.24. The molecule has 0 atom stereocenters. The molecule has 1 saturated carbocycles. The second-order valence-electron chi connectivity index (χ2n) is 3.90.